The normalized spacial score (nSPS) is 12.0. The van der Waals surface area contributed by atoms with Crippen LogP contribution < -0.4 is 10.9 Å². The van der Waals surface area contributed by atoms with Crippen molar-refractivity contribution in [2.75, 3.05) is 11.6 Å². The van der Waals surface area contributed by atoms with Crippen LogP contribution in [-0.2, 0) is 21.9 Å². The summed E-state index contributed by atoms with van der Waals surface area (Å²) in [4.78, 5) is 34.8. The molecule has 216 valence electrons. The van der Waals surface area contributed by atoms with Crippen LogP contribution in [0.15, 0.2) is 64.9 Å². The van der Waals surface area contributed by atoms with Gasteiger partial charge in [-0.25, -0.2) is 17.8 Å². The number of amides is 1. The lowest BCUT2D eigenvalue weighted by molar-refractivity contribution is 0.102. The van der Waals surface area contributed by atoms with E-state index in [9.17, 15) is 23.1 Å². The van der Waals surface area contributed by atoms with E-state index in [0.29, 0.717) is 16.5 Å². The number of H-pyrrole nitrogens is 1. The van der Waals surface area contributed by atoms with E-state index in [1.807, 2.05) is 20.8 Å². The Morgan fingerprint density at radius 2 is 1.90 bits per heavy atom. The van der Waals surface area contributed by atoms with Crippen LogP contribution in [0.4, 0.5) is 10.1 Å². The third-order valence-corrected chi connectivity index (χ3v) is 7.74. The first-order valence-electron chi connectivity index (χ1n) is 12.6. The molecule has 3 N–H and O–H groups in total. The molecule has 0 unspecified atom stereocenters. The number of aliphatic hydroxyl groups excluding tert-OH is 1. The third-order valence-electron chi connectivity index (χ3n) is 6.66. The number of aromatic amines is 1. The Morgan fingerprint density at radius 1 is 1.14 bits per heavy atom. The number of aliphatic hydroxyl groups is 1. The van der Waals surface area contributed by atoms with Crippen LogP contribution in [0.1, 0.15) is 42.3 Å². The van der Waals surface area contributed by atoms with Gasteiger partial charge in [0.05, 0.1) is 46.2 Å². The summed E-state index contributed by atoms with van der Waals surface area (Å²) < 4.78 is 40.0. The average molecular weight is 592 g/mol. The second kappa shape index (κ2) is 10.5. The minimum absolute atomic E-state index is 0.0401. The Bertz CT molecular complexity index is 2030. The van der Waals surface area contributed by atoms with Crippen molar-refractivity contribution in [3.63, 3.8) is 0 Å². The number of rotatable bonds is 6. The number of hydrogen-bond acceptors (Lipinski definition) is 9. The van der Waals surface area contributed by atoms with Crippen LogP contribution in [0.2, 0.25) is 0 Å². The summed E-state index contributed by atoms with van der Waals surface area (Å²) in [6, 6.07) is 5.80. The van der Waals surface area contributed by atoms with Crippen molar-refractivity contribution in [1.29, 1.82) is 0 Å². The van der Waals surface area contributed by atoms with Gasteiger partial charge in [-0.1, -0.05) is 20.8 Å². The van der Waals surface area contributed by atoms with Gasteiger partial charge in [0.2, 0.25) is 0 Å². The predicted molar refractivity (Wildman–Crippen MR) is 153 cm³/mol. The molecule has 1 amide bonds. The molecule has 0 saturated carbocycles. The van der Waals surface area contributed by atoms with Crippen LogP contribution in [0, 0.1) is 5.82 Å². The highest BCUT2D eigenvalue weighted by atomic mass is 32.2. The first kappa shape index (κ1) is 28.7. The minimum atomic E-state index is -3.56. The summed E-state index contributed by atoms with van der Waals surface area (Å²) >= 11 is 0. The summed E-state index contributed by atoms with van der Waals surface area (Å²) in [5, 5.41) is 23.8. The molecule has 0 saturated heterocycles. The summed E-state index contributed by atoms with van der Waals surface area (Å²) in [7, 11) is -3.56. The maximum Gasteiger partial charge on any atom is 0.283 e. The van der Waals surface area contributed by atoms with Gasteiger partial charge in [-0.15, -0.1) is 0 Å². The van der Waals surface area contributed by atoms with E-state index in [-0.39, 0.29) is 44.0 Å². The van der Waals surface area contributed by atoms with Crippen LogP contribution in [0.5, 0.6) is 0 Å². The number of carbonyl (C=O) groups is 1. The Morgan fingerprint density at radius 3 is 2.60 bits per heavy atom. The number of fused-ring (bicyclic) bond motifs is 1. The standard InChI is InChI=1S/C28H26FN7O5S/c1-28(2,3)17-7-15-11-33-36(27(39)23(15)21(29)9-17)25-20(14-37)22(5-6-31-25)34-26(38)19-13-32-35-24(19)16-8-18(12-30-10-16)42(4,40)41/h5-13,37H,14H2,1-4H3,(H,32,35)(H,31,34,38). The molecule has 1 aromatic carbocycles. The van der Waals surface area contributed by atoms with Gasteiger partial charge < -0.3 is 10.4 Å². The molecule has 5 rings (SSSR count). The summed E-state index contributed by atoms with van der Waals surface area (Å²) in [6.45, 7) is 5.13. The number of halogens is 1. The smallest absolute Gasteiger partial charge is 0.283 e. The quantitative estimate of drug-likeness (QED) is 0.268. The highest BCUT2D eigenvalue weighted by Crippen LogP contribution is 2.28. The number of nitrogens with zero attached hydrogens (tertiary/aromatic N) is 5. The number of pyridine rings is 2. The lowest BCUT2D eigenvalue weighted by Crippen LogP contribution is -2.25. The molecule has 42 heavy (non-hydrogen) atoms. The molecule has 14 heteroatoms. The van der Waals surface area contributed by atoms with Gasteiger partial charge in [0.25, 0.3) is 11.5 Å². The van der Waals surface area contributed by atoms with Gasteiger partial charge in [-0.3, -0.25) is 19.7 Å². The number of nitrogens with one attached hydrogen (secondary N) is 2. The van der Waals surface area contributed by atoms with Gasteiger partial charge in [-0.2, -0.15) is 14.9 Å². The van der Waals surface area contributed by atoms with Crippen LogP contribution in [0.3, 0.4) is 0 Å². The van der Waals surface area contributed by atoms with Gasteiger partial charge in [-0.05, 0) is 35.2 Å². The molecular weight excluding hydrogens is 565 g/mol. The Labute approximate surface area is 239 Å². The van der Waals surface area contributed by atoms with Gasteiger partial charge in [0, 0.05) is 41.4 Å². The van der Waals surface area contributed by atoms with E-state index in [4.69, 9.17) is 0 Å². The van der Waals surface area contributed by atoms with E-state index < -0.39 is 33.7 Å². The molecule has 0 radical (unpaired) electrons. The number of anilines is 1. The molecule has 0 bridgehead atoms. The molecule has 0 fully saturated rings. The van der Waals surface area contributed by atoms with Crippen molar-refractivity contribution >= 4 is 32.2 Å². The lowest BCUT2D eigenvalue weighted by Gasteiger charge is -2.20. The fourth-order valence-electron chi connectivity index (χ4n) is 4.38. The van der Waals surface area contributed by atoms with E-state index in [1.165, 1.54) is 49.2 Å². The second-order valence-corrected chi connectivity index (χ2v) is 12.7. The van der Waals surface area contributed by atoms with Crippen molar-refractivity contribution < 1.29 is 22.7 Å². The average Bonchev–Trinajstić information content (AvgIpc) is 3.42. The Kier molecular flexibility index (Phi) is 7.20. The minimum Gasteiger partial charge on any atom is -0.391 e. The summed E-state index contributed by atoms with van der Waals surface area (Å²) in [5.74, 6) is -1.47. The van der Waals surface area contributed by atoms with E-state index in [1.54, 1.807) is 6.07 Å². The van der Waals surface area contributed by atoms with Crippen molar-refractivity contribution in [3.8, 4) is 17.1 Å². The number of hydrogen-bond donors (Lipinski definition) is 3. The van der Waals surface area contributed by atoms with E-state index in [2.05, 4.69) is 30.6 Å². The number of carbonyl (C=O) groups excluding carboxylic acids is 1. The summed E-state index contributed by atoms with van der Waals surface area (Å²) in [6.07, 6.45) is 7.52. The monoisotopic (exact) mass is 591 g/mol. The topological polar surface area (TPSA) is 173 Å². The molecule has 0 aliphatic heterocycles. The van der Waals surface area contributed by atoms with Crippen molar-refractivity contribution in [2.45, 2.75) is 37.7 Å². The zero-order chi connectivity index (χ0) is 30.4. The maximum absolute atomic E-state index is 15.2. The molecule has 4 aromatic heterocycles. The van der Waals surface area contributed by atoms with Gasteiger partial charge in [0.1, 0.15) is 5.82 Å². The number of benzene rings is 1. The lowest BCUT2D eigenvalue weighted by atomic mass is 9.86. The molecule has 0 spiro atoms. The molecule has 5 aromatic rings. The van der Waals surface area contributed by atoms with Crippen LogP contribution >= 0.6 is 0 Å². The Hall–Kier alpha value is -4.82. The molecule has 0 atom stereocenters. The highest BCUT2D eigenvalue weighted by molar-refractivity contribution is 7.90. The fourth-order valence-corrected chi connectivity index (χ4v) is 4.97. The van der Waals surface area contributed by atoms with Gasteiger partial charge in [0.15, 0.2) is 15.7 Å². The van der Waals surface area contributed by atoms with Crippen molar-refractivity contribution in [2.24, 2.45) is 0 Å². The molecular formula is C28H26FN7O5S. The number of sulfone groups is 1. The Balaban J connectivity index is 1.54. The first-order chi connectivity index (χ1) is 19.8. The number of aromatic nitrogens is 6. The molecule has 0 aliphatic carbocycles. The van der Waals surface area contributed by atoms with Crippen LogP contribution in [0.25, 0.3) is 27.8 Å². The zero-order valence-corrected chi connectivity index (χ0v) is 23.8. The molecule has 4 heterocycles. The zero-order valence-electron chi connectivity index (χ0n) is 23.0. The predicted octanol–water partition coefficient (Wildman–Crippen LogP) is 3.15. The largest absolute Gasteiger partial charge is 0.391 e. The summed E-state index contributed by atoms with van der Waals surface area (Å²) in [5.41, 5.74) is 0.294. The van der Waals surface area contributed by atoms with E-state index >= 15 is 4.39 Å². The highest BCUT2D eigenvalue weighted by Gasteiger charge is 2.23. The fraction of sp³-hybridized carbons (Fsp3) is 0.214. The molecule has 12 nitrogen and oxygen atoms in total. The van der Waals surface area contributed by atoms with Crippen LogP contribution in [-0.4, -0.2) is 55.6 Å². The van der Waals surface area contributed by atoms with Crippen molar-refractivity contribution in [3.05, 3.63) is 88.1 Å². The second-order valence-electron chi connectivity index (χ2n) is 10.6. The SMILES string of the molecule is CC(C)(C)c1cc(F)c2c(=O)n(-c3nccc(NC(=O)c4cn[nH]c4-c4cncc(S(C)(=O)=O)c4)c3CO)ncc2c1. The van der Waals surface area contributed by atoms with Gasteiger partial charge >= 0.3 is 0 Å². The van der Waals surface area contributed by atoms with E-state index in [0.717, 1.165) is 10.9 Å². The maximum atomic E-state index is 15.2. The van der Waals surface area contributed by atoms with Crippen molar-refractivity contribution in [1.82, 2.24) is 29.9 Å². The third kappa shape index (κ3) is 5.29. The first-order valence-corrected chi connectivity index (χ1v) is 14.5. The molecule has 0 aliphatic rings.